The van der Waals surface area contributed by atoms with Gasteiger partial charge in [-0.15, -0.1) is 0 Å². The highest BCUT2D eigenvalue weighted by Gasteiger charge is 2.41. The van der Waals surface area contributed by atoms with E-state index in [1.807, 2.05) is 12.1 Å². The summed E-state index contributed by atoms with van der Waals surface area (Å²) in [5.41, 5.74) is 4.13. The maximum absolute atomic E-state index is 12.5. The van der Waals surface area contributed by atoms with Gasteiger partial charge in [0, 0.05) is 31.2 Å². The van der Waals surface area contributed by atoms with Crippen molar-refractivity contribution in [3.8, 4) is 0 Å². The number of aromatic carboxylic acids is 1. The number of hydrogen-bond donors (Lipinski definition) is 1. The molecule has 0 aliphatic carbocycles. The Labute approximate surface area is 181 Å². The fourth-order valence-corrected chi connectivity index (χ4v) is 5.53. The number of carboxylic acid groups (broad SMARTS) is 1. The molecule has 5 rings (SSSR count). The van der Waals surface area contributed by atoms with Gasteiger partial charge in [0.25, 0.3) is 5.56 Å². The summed E-state index contributed by atoms with van der Waals surface area (Å²) < 4.78 is 1.45. The molecule has 1 fully saturated rings. The number of likely N-dealkylation sites (N-methyl/N-ethyl adjacent to an activating group) is 1. The van der Waals surface area contributed by atoms with Crippen LogP contribution in [0.3, 0.4) is 0 Å². The molecule has 1 N–H and O–H groups in total. The fourth-order valence-electron chi connectivity index (χ4n) is 5.53. The molecule has 0 unspecified atom stereocenters. The Hall–Kier alpha value is -2.96. The molecular weight excluding hydrogens is 390 g/mol. The van der Waals surface area contributed by atoms with Crippen molar-refractivity contribution in [1.29, 1.82) is 0 Å². The number of nitrogens with zero attached hydrogens (tertiary/aromatic N) is 3. The van der Waals surface area contributed by atoms with Gasteiger partial charge in [0.15, 0.2) is 0 Å². The lowest BCUT2D eigenvalue weighted by atomic mass is 9.69. The molecule has 2 aromatic heterocycles. The molecule has 31 heavy (non-hydrogen) atoms. The van der Waals surface area contributed by atoms with E-state index in [4.69, 9.17) is 0 Å². The molecule has 0 radical (unpaired) electrons. The van der Waals surface area contributed by atoms with Crippen molar-refractivity contribution < 1.29 is 9.90 Å². The molecule has 2 aliphatic heterocycles. The molecule has 1 spiro atoms. The SMILES string of the molecule is CN1Cc2ccccc2C2(CCN(Cc3cc(C(=O)O)c(=O)n4ccccc34)CC2)C1. The summed E-state index contributed by atoms with van der Waals surface area (Å²) in [6.45, 7) is 4.61. The second kappa shape index (κ2) is 7.62. The van der Waals surface area contributed by atoms with E-state index in [0.717, 1.165) is 50.1 Å². The van der Waals surface area contributed by atoms with E-state index in [1.54, 1.807) is 18.3 Å². The van der Waals surface area contributed by atoms with Gasteiger partial charge in [-0.2, -0.15) is 0 Å². The molecule has 0 atom stereocenters. The zero-order chi connectivity index (χ0) is 21.6. The van der Waals surface area contributed by atoms with Crippen LogP contribution in [0, 0.1) is 0 Å². The van der Waals surface area contributed by atoms with Crippen LogP contribution in [0.1, 0.15) is 39.9 Å². The van der Waals surface area contributed by atoms with Crippen LogP contribution in [0.5, 0.6) is 0 Å². The number of carboxylic acids is 1. The monoisotopic (exact) mass is 417 g/mol. The molecule has 0 amide bonds. The van der Waals surface area contributed by atoms with Gasteiger partial charge < -0.3 is 10.0 Å². The number of benzene rings is 1. The molecule has 6 nitrogen and oxygen atoms in total. The Morgan fingerprint density at radius 1 is 1.10 bits per heavy atom. The summed E-state index contributed by atoms with van der Waals surface area (Å²) >= 11 is 0. The van der Waals surface area contributed by atoms with E-state index in [2.05, 4.69) is 41.1 Å². The quantitative estimate of drug-likeness (QED) is 0.710. The second-order valence-corrected chi connectivity index (χ2v) is 9.04. The van der Waals surface area contributed by atoms with Crippen LogP contribution in [-0.2, 0) is 18.5 Å². The maximum Gasteiger partial charge on any atom is 0.341 e. The smallest absolute Gasteiger partial charge is 0.341 e. The first-order valence-corrected chi connectivity index (χ1v) is 10.8. The highest BCUT2D eigenvalue weighted by Crippen LogP contribution is 2.41. The molecule has 1 aromatic carbocycles. The van der Waals surface area contributed by atoms with Crippen LogP contribution in [0.4, 0.5) is 0 Å². The van der Waals surface area contributed by atoms with Gasteiger partial charge in [-0.1, -0.05) is 30.3 Å². The Kier molecular flexibility index (Phi) is 4.91. The van der Waals surface area contributed by atoms with Crippen LogP contribution in [0.15, 0.2) is 59.5 Å². The molecule has 0 bridgehead atoms. The summed E-state index contributed by atoms with van der Waals surface area (Å²) in [6, 6.07) is 15.9. The largest absolute Gasteiger partial charge is 0.477 e. The number of rotatable bonds is 3. The average Bonchev–Trinajstić information content (AvgIpc) is 2.77. The molecule has 2 aliphatic rings. The van der Waals surface area contributed by atoms with Crippen LogP contribution in [0.2, 0.25) is 0 Å². The van der Waals surface area contributed by atoms with Gasteiger partial charge in [-0.05, 0) is 67.9 Å². The molecule has 1 saturated heterocycles. The van der Waals surface area contributed by atoms with E-state index < -0.39 is 11.5 Å². The predicted octanol–water partition coefficient (Wildman–Crippen LogP) is 2.98. The zero-order valence-corrected chi connectivity index (χ0v) is 17.8. The van der Waals surface area contributed by atoms with Crippen molar-refractivity contribution in [1.82, 2.24) is 14.2 Å². The van der Waals surface area contributed by atoms with Crippen molar-refractivity contribution in [2.75, 3.05) is 26.7 Å². The van der Waals surface area contributed by atoms with Crippen molar-refractivity contribution in [3.05, 3.63) is 87.3 Å². The van der Waals surface area contributed by atoms with Gasteiger partial charge >= 0.3 is 5.97 Å². The van der Waals surface area contributed by atoms with Crippen LogP contribution >= 0.6 is 0 Å². The third-order valence-corrected chi connectivity index (χ3v) is 7.00. The Bertz CT molecular complexity index is 1210. The maximum atomic E-state index is 12.5. The first-order chi connectivity index (χ1) is 15.0. The van der Waals surface area contributed by atoms with Gasteiger partial charge in [-0.3, -0.25) is 14.1 Å². The van der Waals surface area contributed by atoms with Gasteiger partial charge in [0.2, 0.25) is 0 Å². The number of pyridine rings is 2. The fraction of sp³-hybridized carbons (Fsp3) is 0.360. The third kappa shape index (κ3) is 3.46. The normalized spacial score (nSPS) is 18.9. The number of piperidine rings is 1. The van der Waals surface area contributed by atoms with E-state index >= 15 is 0 Å². The minimum absolute atomic E-state index is 0.171. The van der Waals surface area contributed by atoms with Gasteiger partial charge in [-0.25, -0.2) is 4.79 Å². The van der Waals surface area contributed by atoms with Crippen molar-refractivity contribution >= 4 is 11.5 Å². The molecule has 4 heterocycles. The van der Waals surface area contributed by atoms with Gasteiger partial charge in [0.05, 0.1) is 5.52 Å². The first-order valence-electron chi connectivity index (χ1n) is 10.8. The van der Waals surface area contributed by atoms with Crippen LogP contribution in [0.25, 0.3) is 5.52 Å². The summed E-state index contributed by atoms with van der Waals surface area (Å²) in [4.78, 5) is 29.0. The number of hydrogen-bond acceptors (Lipinski definition) is 4. The molecule has 0 saturated carbocycles. The van der Waals surface area contributed by atoms with Crippen LogP contribution in [-0.4, -0.2) is 52.0 Å². The third-order valence-electron chi connectivity index (χ3n) is 7.00. The van der Waals surface area contributed by atoms with Crippen molar-refractivity contribution in [3.63, 3.8) is 0 Å². The molecular formula is C25H27N3O3. The number of fused-ring (bicyclic) bond motifs is 3. The molecule has 3 aromatic rings. The predicted molar refractivity (Wildman–Crippen MR) is 120 cm³/mol. The van der Waals surface area contributed by atoms with Crippen LogP contribution < -0.4 is 5.56 Å². The van der Waals surface area contributed by atoms with Crippen molar-refractivity contribution in [2.24, 2.45) is 0 Å². The van der Waals surface area contributed by atoms with E-state index in [0.29, 0.717) is 6.54 Å². The average molecular weight is 418 g/mol. The molecule has 160 valence electrons. The summed E-state index contributed by atoms with van der Waals surface area (Å²) in [5.74, 6) is -1.18. The minimum Gasteiger partial charge on any atom is -0.477 e. The van der Waals surface area contributed by atoms with E-state index in [1.165, 1.54) is 15.5 Å². The second-order valence-electron chi connectivity index (χ2n) is 9.04. The Morgan fingerprint density at radius 2 is 1.84 bits per heavy atom. The first kappa shape index (κ1) is 20.0. The lowest BCUT2D eigenvalue weighted by molar-refractivity contribution is 0.0694. The highest BCUT2D eigenvalue weighted by molar-refractivity contribution is 5.88. The number of carbonyl (C=O) groups is 1. The number of likely N-dealkylation sites (tertiary alicyclic amines) is 1. The highest BCUT2D eigenvalue weighted by atomic mass is 16.4. The van der Waals surface area contributed by atoms with E-state index in [9.17, 15) is 14.7 Å². The molecule has 6 heteroatoms. The standard InChI is InChI=1S/C25H27N3O3/c1-26-15-18-6-2-3-7-21(18)25(17-26)9-12-27(13-10-25)16-19-14-20(24(30)31)23(29)28-11-5-4-8-22(19)28/h2-8,11,14H,9-10,12-13,15-17H2,1H3,(H,30,31). The lowest BCUT2D eigenvalue weighted by Crippen LogP contribution is -2.50. The van der Waals surface area contributed by atoms with E-state index in [-0.39, 0.29) is 11.0 Å². The van der Waals surface area contributed by atoms with Gasteiger partial charge in [0.1, 0.15) is 5.56 Å². The zero-order valence-electron chi connectivity index (χ0n) is 17.8. The number of aromatic nitrogens is 1. The summed E-state index contributed by atoms with van der Waals surface area (Å²) in [7, 11) is 2.20. The topological polar surface area (TPSA) is 65.3 Å². The lowest BCUT2D eigenvalue weighted by Gasteiger charge is -2.48. The summed E-state index contributed by atoms with van der Waals surface area (Å²) in [6.07, 6.45) is 3.79. The van der Waals surface area contributed by atoms with Crippen molar-refractivity contribution in [2.45, 2.75) is 31.3 Å². The minimum atomic E-state index is -1.18. The summed E-state index contributed by atoms with van der Waals surface area (Å²) in [5, 5.41) is 9.51. The Balaban J connectivity index is 1.42. The Morgan fingerprint density at radius 3 is 2.61 bits per heavy atom.